The number of benzene rings is 2. The highest BCUT2D eigenvalue weighted by molar-refractivity contribution is 6.30. The SMILES string of the molecule is O=C(C1CN(C(=O)CCc2nc(-c3ccc(Cl)cc3)no2)c2ccccc2O1)N1CCOCC1. The second-order valence-corrected chi connectivity index (χ2v) is 8.47. The Balaban J connectivity index is 1.27. The van der Waals surface area contributed by atoms with Gasteiger partial charge in [0, 0.05) is 36.5 Å². The van der Waals surface area contributed by atoms with Crippen molar-refractivity contribution in [2.45, 2.75) is 18.9 Å². The average Bonchev–Trinajstić information content (AvgIpc) is 3.36. The third-order valence-corrected chi connectivity index (χ3v) is 6.05. The number of hydrogen-bond acceptors (Lipinski definition) is 7. The summed E-state index contributed by atoms with van der Waals surface area (Å²) in [7, 11) is 0. The van der Waals surface area contributed by atoms with Gasteiger partial charge < -0.3 is 23.8 Å². The quantitative estimate of drug-likeness (QED) is 0.551. The van der Waals surface area contributed by atoms with Crippen molar-refractivity contribution in [3.05, 3.63) is 59.4 Å². The summed E-state index contributed by atoms with van der Waals surface area (Å²) in [6, 6.07) is 14.3. The summed E-state index contributed by atoms with van der Waals surface area (Å²) >= 11 is 5.93. The van der Waals surface area contributed by atoms with Crippen LogP contribution < -0.4 is 9.64 Å². The fourth-order valence-corrected chi connectivity index (χ4v) is 4.13. The normalized spacial score (nSPS) is 17.7. The average molecular weight is 483 g/mol. The Morgan fingerprint density at radius 1 is 1.06 bits per heavy atom. The van der Waals surface area contributed by atoms with Crippen LogP contribution in [0.5, 0.6) is 5.75 Å². The molecule has 1 aromatic heterocycles. The molecule has 5 rings (SSSR count). The number of nitrogens with zero attached hydrogens (tertiary/aromatic N) is 4. The smallest absolute Gasteiger partial charge is 0.265 e. The Kier molecular flexibility index (Phi) is 6.46. The van der Waals surface area contributed by atoms with E-state index in [1.165, 1.54) is 0 Å². The van der Waals surface area contributed by atoms with Gasteiger partial charge in [-0.05, 0) is 36.4 Å². The molecule has 2 aliphatic rings. The molecule has 3 heterocycles. The molecule has 1 atom stereocenters. The lowest BCUT2D eigenvalue weighted by atomic mass is 10.1. The summed E-state index contributed by atoms with van der Waals surface area (Å²) in [5.74, 6) is 1.02. The predicted octanol–water partition coefficient (Wildman–Crippen LogP) is 2.98. The number of aromatic nitrogens is 2. The minimum Gasteiger partial charge on any atom is -0.476 e. The van der Waals surface area contributed by atoms with Crippen LogP contribution in [0.3, 0.4) is 0 Å². The molecule has 1 fully saturated rings. The highest BCUT2D eigenvalue weighted by Gasteiger charge is 2.36. The molecule has 1 unspecified atom stereocenters. The number of halogens is 1. The standard InChI is InChI=1S/C24H23ClN4O5/c25-17-7-5-16(6-8-17)23-26-21(34-27-23)9-10-22(30)29-15-20(24(31)28-11-13-32-14-12-28)33-19-4-2-1-3-18(19)29/h1-8,20H,9-15H2. The van der Waals surface area contributed by atoms with Gasteiger partial charge in [0.25, 0.3) is 5.91 Å². The molecule has 0 aliphatic carbocycles. The number of fused-ring (bicyclic) bond motifs is 1. The predicted molar refractivity (Wildman–Crippen MR) is 124 cm³/mol. The number of carbonyl (C=O) groups is 2. The van der Waals surface area contributed by atoms with Crippen molar-refractivity contribution < 1.29 is 23.6 Å². The van der Waals surface area contributed by atoms with Crippen LogP contribution in [0.1, 0.15) is 12.3 Å². The maximum absolute atomic E-state index is 13.2. The van der Waals surface area contributed by atoms with E-state index in [1.807, 2.05) is 18.2 Å². The van der Waals surface area contributed by atoms with E-state index in [9.17, 15) is 9.59 Å². The first-order chi connectivity index (χ1) is 16.6. The van der Waals surface area contributed by atoms with Crippen molar-refractivity contribution in [1.82, 2.24) is 15.0 Å². The lowest BCUT2D eigenvalue weighted by Crippen LogP contribution is -2.54. The summed E-state index contributed by atoms with van der Waals surface area (Å²) in [5, 5.41) is 4.61. The number of ether oxygens (including phenoxy) is 2. The van der Waals surface area contributed by atoms with Gasteiger partial charge in [-0.15, -0.1) is 0 Å². The number of carbonyl (C=O) groups excluding carboxylic acids is 2. The van der Waals surface area contributed by atoms with Crippen LogP contribution in [0.25, 0.3) is 11.4 Å². The van der Waals surface area contributed by atoms with E-state index in [2.05, 4.69) is 10.1 Å². The Hall–Kier alpha value is -3.43. The fraction of sp³-hybridized carbons (Fsp3) is 0.333. The molecule has 0 saturated carbocycles. The Bertz CT molecular complexity index is 1180. The van der Waals surface area contributed by atoms with E-state index >= 15 is 0 Å². The Labute approximate surface area is 201 Å². The molecule has 2 amide bonds. The van der Waals surface area contributed by atoms with Gasteiger partial charge in [-0.25, -0.2) is 0 Å². The van der Waals surface area contributed by atoms with Gasteiger partial charge in [-0.2, -0.15) is 4.98 Å². The van der Waals surface area contributed by atoms with Crippen molar-refractivity contribution in [3.63, 3.8) is 0 Å². The van der Waals surface area contributed by atoms with Gasteiger partial charge in [-0.1, -0.05) is 28.9 Å². The highest BCUT2D eigenvalue weighted by Crippen LogP contribution is 2.34. The molecule has 34 heavy (non-hydrogen) atoms. The van der Waals surface area contributed by atoms with E-state index in [-0.39, 0.29) is 31.2 Å². The summed E-state index contributed by atoms with van der Waals surface area (Å²) in [6.45, 7) is 2.18. The second-order valence-electron chi connectivity index (χ2n) is 8.03. The summed E-state index contributed by atoms with van der Waals surface area (Å²) in [4.78, 5) is 34.0. The minimum absolute atomic E-state index is 0.139. The van der Waals surface area contributed by atoms with E-state index in [4.69, 9.17) is 25.6 Å². The van der Waals surface area contributed by atoms with Crippen molar-refractivity contribution >= 4 is 29.1 Å². The van der Waals surface area contributed by atoms with Gasteiger partial charge in [0.1, 0.15) is 5.75 Å². The second kappa shape index (κ2) is 9.82. The van der Waals surface area contributed by atoms with E-state index in [1.54, 1.807) is 40.1 Å². The van der Waals surface area contributed by atoms with E-state index in [0.29, 0.717) is 54.5 Å². The van der Waals surface area contributed by atoms with Crippen LogP contribution in [0.15, 0.2) is 53.1 Å². The topological polar surface area (TPSA) is 98.0 Å². The molecule has 0 N–H and O–H groups in total. The van der Waals surface area contributed by atoms with Gasteiger partial charge >= 0.3 is 0 Å². The summed E-state index contributed by atoms with van der Waals surface area (Å²) in [5.41, 5.74) is 1.42. The van der Waals surface area contributed by atoms with Crippen LogP contribution >= 0.6 is 11.6 Å². The van der Waals surface area contributed by atoms with Gasteiger partial charge in [0.15, 0.2) is 6.10 Å². The van der Waals surface area contributed by atoms with Crippen molar-refractivity contribution in [2.24, 2.45) is 0 Å². The first kappa shape index (κ1) is 22.4. The number of aryl methyl sites for hydroxylation is 1. The number of amides is 2. The number of hydrogen-bond donors (Lipinski definition) is 0. The van der Waals surface area contributed by atoms with Gasteiger partial charge in [0.2, 0.25) is 17.6 Å². The molecule has 176 valence electrons. The third-order valence-electron chi connectivity index (χ3n) is 5.80. The van der Waals surface area contributed by atoms with Gasteiger partial charge in [0.05, 0.1) is 25.4 Å². The first-order valence-corrected chi connectivity index (χ1v) is 11.5. The number of morpholine rings is 1. The molecule has 1 saturated heterocycles. The molecule has 3 aromatic rings. The zero-order valence-electron chi connectivity index (χ0n) is 18.4. The monoisotopic (exact) mass is 482 g/mol. The zero-order chi connectivity index (χ0) is 23.5. The third kappa shape index (κ3) is 4.76. The lowest BCUT2D eigenvalue weighted by Gasteiger charge is -2.37. The molecular weight excluding hydrogens is 460 g/mol. The molecule has 2 aromatic carbocycles. The van der Waals surface area contributed by atoms with Crippen LogP contribution in [0.4, 0.5) is 5.69 Å². The van der Waals surface area contributed by atoms with Crippen molar-refractivity contribution in [3.8, 4) is 17.1 Å². The van der Waals surface area contributed by atoms with Crippen molar-refractivity contribution in [1.29, 1.82) is 0 Å². The zero-order valence-corrected chi connectivity index (χ0v) is 19.1. The van der Waals surface area contributed by atoms with Crippen molar-refractivity contribution in [2.75, 3.05) is 37.7 Å². The first-order valence-electron chi connectivity index (χ1n) is 11.1. The maximum Gasteiger partial charge on any atom is 0.265 e. The number of para-hydroxylation sites is 2. The molecule has 0 bridgehead atoms. The number of rotatable bonds is 5. The number of anilines is 1. The molecule has 10 heteroatoms. The highest BCUT2D eigenvalue weighted by atomic mass is 35.5. The molecule has 0 spiro atoms. The van der Waals surface area contributed by atoms with Crippen LogP contribution in [-0.2, 0) is 20.7 Å². The lowest BCUT2D eigenvalue weighted by molar-refractivity contribution is -0.142. The van der Waals surface area contributed by atoms with Crippen LogP contribution in [0, 0.1) is 0 Å². The van der Waals surface area contributed by atoms with E-state index < -0.39 is 6.10 Å². The fourth-order valence-electron chi connectivity index (χ4n) is 4.01. The molecule has 0 radical (unpaired) electrons. The van der Waals surface area contributed by atoms with Gasteiger partial charge in [-0.3, -0.25) is 9.59 Å². The molecule has 9 nitrogen and oxygen atoms in total. The summed E-state index contributed by atoms with van der Waals surface area (Å²) < 4.78 is 16.6. The Morgan fingerprint density at radius 2 is 1.82 bits per heavy atom. The maximum atomic E-state index is 13.2. The van der Waals surface area contributed by atoms with Crippen LogP contribution in [0.2, 0.25) is 5.02 Å². The molecular formula is C24H23ClN4O5. The largest absolute Gasteiger partial charge is 0.476 e. The Morgan fingerprint density at radius 3 is 2.62 bits per heavy atom. The minimum atomic E-state index is -0.767. The molecule has 2 aliphatic heterocycles. The summed E-state index contributed by atoms with van der Waals surface area (Å²) in [6.07, 6.45) is -0.340. The van der Waals surface area contributed by atoms with E-state index in [0.717, 1.165) is 5.56 Å². The van der Waals surface area contributed by atoms with Crippen LogP contribution in [-0.4, -0.2) is 65.8 Å².